The minimum Gasteiger partial charge on any atom is -0.387 e. The maximum Gasteiger partial charge on any atom is 0.164 e. The van der Waals surface area contributed by atoms with Gasteiger partial charge in [-0.1, -0.05) is 0 Å². The quantitative estimate of drug-likeness (QED) is 0.626. The molecule has 0 aromatic carbocycles. The SMILES string of the molecule is CC1(C)O[C@@H]2C(O)[C@@H]3OC(C)(C)O[C@H]3C(O)[C@H]2O1. The van der Waals surface area contributed by atoms with Crippen LogP contribution in [0.2, 0.25) is 0 Å². The van der Waals surface area contributed by atoms with Crippen molar-refractivity contribution in [2.24, 2.45) is 0 Å². The molecule has 2 heterocycles. The van der Waals surface area contributed by atoms with Gasteiger partial charge in [0.05, 0.1) is 0 Å². The molecule has 3 aliphatic rings. The Morgan fingerprint density at radius 3 is 1.06 bits per heavy atom. The Hall–Kier alpha value is -0.240. The van der Waals surface area contributed by atoms with Gasteiger partial charge in [0.2, 0.25) is 0 Å². The largest absolute Gasteiger partial charge is 0.387 e. The summed E-state index contributed by atoms with van der Waals surface area (Å²) in [6, 6.07) is 0. The van der Waals surface area contributed by atoms with E-state index >= 15 is 0 Å². The minimum absolute atomic E-state index is 0.589. The molecule has 6 nitrogen and oxygen atoms in total. The van der Waals surface area contributed by atoms with Crippen molar-refractivity contribution in [2.45, 2.75) is 75.9 Å². The average Bonchev–Trinajstić information content (AvgIpc) is 2.72. The third-order valence-electron chi connectivity index (χ3n) is 3.67. The lowest BCUT2D eigenvalue weighted by Gasteiger charge is -2.38. The first-order valence-electron chi connectivity index (χ1n) is 6.28. The molecule has 0 spiro atoms. The topological polar surface area (TPSA) is 77.4 Å². The van der Waals surface area contributed by atoms with Gasteiger partial charge in [0.1, 0.15) is 36.6 Å². The number of fused-ring (bicyclic) bond motifs is 2. The van der Waals surface area contributed by atoms with Crippen molar-refractivity contribution in [1.29, 1.82) is 0 Å². The van der Waals surface area contributed by atoms with Crippen molar-refractivity contribution in [1.82, 2.24) is 0 Å². The Morgan fingerprint density at radius 1 is 0.611 bits per heavy atom. The molecule has 2 unspecified atom stereocenters. The zero-order chi connectivity index (χ0) is 13.3. The van der Waals surface area contributed by atoms with Crippen LogP contribution in [0.1, 0.15) is 27.7 Å². The van der Waals surface area contributed by atoms with Crippen molar-refractivity contribution < 1.29 is 29.2 Å². The molecule has 6 atom stereocenters. The lowest BCUT2D eigenvalue weighted by Crippen LogP contribution is -2.61. The Bertz CT molecular complexity index is 292. The monoisotopic (exact) mass is 260 g/mol. The van der Waals surface area contributed by atoms with Gasteiger partial charge < -0.3 is 29.2 Å². The highest BCUT2D eigenvalue weighted by Crippen LogP contribution is 2.43. The fraction of sp³-hybridized carbons (Fsp3) is 1.00. The number of hydrogen-bond acceptors (Lipinski definition) is 6. The van der Waals surface area contributed by atoms with Gasteiger partial charge in [-0.15, -0.1) is 0 Å². The van der Waals surface area contributed by atoms with Crippen LogP contribution >= 0.6 is 0 Å². The standard InChI is InChI=1S/C12H20O6/c1-11(2)15-7-5(13)9-10(6(14)8(7)16-11)18-12(3,4)17-9/h5-10,13-14H,1-4H3/t5?,6?,7-,8-,9+,10+. The van der Waals surface area contributed by atoms with Crippen LogP contribution in [0.25, 0.3) is 0 Å². The summed E-state index contributed by atoms with van der Waals surface area (Å²) in [4.78, 5) is 0. The van der Waals surface area contributed by atoms with Crippen molar-refractivity contribution in [3.05, 3.63) is 0 Å². The highest BCUT2D eigenvalue weighted by molar-refractivity contribution is 5.07. The average molecular weight is 260 g/mol. The molecule has 0 amide bonds. The Kier molecular flexibility index (Phi) is 2.59. The van der Waals surface area contributed by atoms with Crippen LogP contribution in [-0.4, -0.2) is 58.4 Å². The van der Waals surface area contributed by atoms with Gasteiger partial charge in [0.15, 0.2) is 11.6 Å². The fourth-order valence-electron chi connectivity index (χ4n) is 3.06. The predicted octanol–water partition coefficient (Wildman–Crippen LogP) is -0.238. The lowest BCUT2D eigenvalue weighted by atomic mass is 9.85. The van der Waals surface area contributed by atoms with Crippen LogP contribution in [0, 0.1) is 0 Å². The van der Waals surface area contributed by atoms with E-state index < -0.39 is 48.2 Å². The van der Waals surface area contributed by atoms with Gasteiger partial charge in [0.25, 0.3) is 0 Å². The Labute approximate surface area is 106 Å². The summed E-state index contributed by atoms with van der Waals surface area (Å²) in [5.41, 5.74) is 0. The molecule has 3 fully saturated rings. The Morgan fingerprint density at radius 2 is 0.833 bits per heavy atom. The molecule has 1 aliphatic carbocycles. The predicted molar refractivity (Wildman–Crippen MR) is 59.7 cm³/mol. The number of hydrogen-bond donors (Lipinski definition) is 2. The molecular weight excluding hydrogens is 240 g/mol. The van der Waals surface area contributed by atoms with Crippen molar-refractivity contribution in [3.8, 4) is 0 Å². The Balaban J connectivity index is 1.88. The maximum absolute atomic E-state index is 10.3. The summed E-state index contributed by atoms with van der Waals surface area (Å²) >= 11 is 0. The summed E-state index contributed by atoms with van der Waals surface area (Å²) in [7, 11) is 0. The van der Waals surface area contributed by atoms with Crippen molar-refractivity contribution in [2.75, 3.05) is 0 Å². The molecule has 0 bridgehead atoms. The van der Waals surface area contributed by atoms with E-state index in [4.69, 9.17) is 18.9 Å². The van der Waals surface area contributed by atoms with Gasteiger partial charge in [-0.3, -0.25) is 0 Å². The molecule has 3 rings (SSSR count). The molecule has 6 heteroatoms. The van der Waals surface area contributed by atoms with Crippen LogP contribution in [0.15, 0.2) is 0 Å². The second-order valence-electron chi connectivity index (χ2n) is 6.11. The fourth-order valence-corrected chi connectivity index (χ4v) is 3.06. The first-order valence-corrected chi connectivity index (χ1v) is 6.28. The molecule has 0 aromatic heterocycles. The molecule has 104 valence electrons. The molecule has 2 N–H and O–H groups in total. The van der Waals surface area contributed by atoms with Gasteiger partial charge >= 0.3 is 0 Å². The van der Waals surface area contributed by atoms with Crippen LogP contribution in [0.4, 0.5) is 0 Å². The summed E-state index contributed by atoms with van der Waals surface area (Å²) in [6.07, 6.45) is -4.09. The van der Waals surface area contributed by atoms with E-state index in [0.29, 0.717) is 0 Å². The van der Waals surface area contributed by atoms with Crippen LogP contribution in [0.3, 0.4) is 0 Å². The van der Waals surface area contributed by atoms with E-state index in [1.54, 1.807) is 27.7 Å². The van der Waals surface area contributed by atoms with Crippen LogP contribution in [0.5, 0.6) is 0 Å². The molecule has 1 saturated carbocycles. The van der Waals surface area contributed by atoms with E-state index in [1.807, 2.05) is 0 Å². The summed E-state index contributed by atoms with van der Waals surface area (Å²) in [5.74, 6) is -1.63. The van der Waals surface area contributed by atoms with Crippen molar-refractivity contribution >= 4 is 0 Å². The van der Waals surface area contributed by atoms with E-state index in [1.165, 1.54) is 0 Å². The van der Waals surface area contributed by atoms with Crippen LogP contribution < -0.4 is 0 Å². The van der Waals surface area contributed by atoms with E-state index in [2.05, 4.69) is 0 Å². The van der Waals surface area contributed by atoms with Gasteiger partial charge in [0, 0.05) is 0 Å². The third kappa shape index (κ3) is 1.79. The number of rotatable bonds is 0. The molecule has 18 heavy (non-hydrogen) atoms. The van der Waals surface area contributed by atoms with E-state index in [0.717, 1.165) is 0 Å². The third-order valence-corrected chi connectivity index (χ3v) is 3.67. The first kappa shape index (κ1) is 12.8. The smallest absolute Gasteiger partial charge is 0.164 e. The number of aliphatic hydroxyl groups is 2. The molecule has 0 aromatic rings. The molecule has 2 saturated heterocycles. The highest BCUT2D eigenvalue weighted by Gasteiger charge is 2.62. The van der Waals surface area contributed by atoms with Gasteiger partial charge in [-0.05, 0) is 27.7 Å². The first-order chi connectivity index (χ1) is 8.20. The zero-order valence-corrected chi connectivity index (χ0v) is 11.0. The lowest BCUT2D eigenvalue weighted by molar-refractivity contribution is -0.183. The van der Waals surface area contributed by atoms with E-state index in [-0.39, 0.29) is 0 Å². The molecule has 0 radical (unpaired) electrons. The maximum atomic E-state index is 10.3. The minimum atomic E-state index is -0.869. The second kappa shape index (κ2) is 3.65. The van der Waals surface area contributed by atoms with E-state index in [9.17, 15) is 10.2 Å². The second-order valence-corrected chi connectivity index (χ2v) is 6.11. The summed E-state index contributed by atoms with van der Waals surface area (Å²) in [5, 5.41) is 20.6. The van der Waals surface area contributed by atoms with Crippen LogP contribution in [-0.2, 0) is 18.9 Å². The zero-order valence-electron chi connectivity index (χ0n) is 11.0. The summed E-state index contributed by atoms with van der Waals surface area (Å²) in [6.45, 7) is 7.02. The number of ether oxygens (including phenoxy) is 4. The molecular formula is C12H20O6. The molecule has 2 aliphatic heterocycles. The highest BCUT2D eigenvalue weighted by atomic mass is 16.8. The number of aliphatic hydroxyl groups excluding tert-OH is 2. The van der Waals surface area contributed by atoms with Crippen molar-refractivity contribution in [3.63, 3.8) is 0 Å². The van der Waals surface area contributed by atoms with Gasteiger partial charge in [-0.25, -0.2) is 0 Å². The van der Waals surface area contributed by atoms with Gasteiger partial charge in [-0.2, -0.15) is 0 Å². The summed E-state index contributed by atoms with van der Waals surface area (Å²) < 4.78 is 22.6. The normalized spacial score (nSPS) is 53.0.